The molecule has 0 aliphatic heterocycles. The fourth-order valence-corrected chi connectivity index (χ4v) is 2.62. The normalized spacial score (nSPS) is 10.6. The second-order valence-corrected chi connectivity index (χ2v) is 6.37. The van der Waals surface area contributed by atoms with Crippen LogP contribution in [0.2, 0.25) is 0 Å². The summed E-state index contributed by atoms with van der Waals surface area (Å²) in [6.45, 7) is 3.83. The Morgan fingerprint density at radius 3 is 2.21 bits per heavy atom. The van der Waals surface area contributed by atoms with E-state index in [-0.39, 0.29) is 5.91 Å². The van der Waals surface area contributed by atoms with Crippen LogP contribution in [-0.4, -0.2) is 18.1 Å². The number of benzene rings is 3. The van der Waals surface area contributed by atoms with Gasteiger partial charge in [0.2, 0.25) is 0 Å². The molecule has 0 bridgehead atoms. The minimum Gasteiger partial charge on any atom is -0.422 e. The first-order valence-electron chi connectivity index (χ1n) is 8.81. The van der Waals surface area contributed by atoms with E-state index in [1.807, 2.05) is 32.0 Å². The third kappa shape index (κ3) is 4.92. The van der Waals surface area contributed by atoms with Crippen LogP contribution >= 0.6 is 0 Å². The average molecular weight is 372 g/mol. The molecule has 1 N–H and O–H groups in total. The van der Waals surface area contributed by atoms with E-state index >= 15 is 0 Å². The number of aryl methyl sites for hydroxylation is 2. The number of carbonyl (C=O) groups excluding carboxylic acids is 2. The SMILES string of the molecule is Cc1cccc(C(=O)NN=Cc2ccccc2OC(=O)c2cccc(C)c2)c1. The topological polar surface area (TPSA) is 67.8 Å². The highest BCUT2D eigenvalue weighted by Gasteiger charge is 2.11. The molecule has 0 unspecified atom stereocenters. The molecule has 3 aromatic carbocycles. The van der Waals surface area contributed by atoms with Gasteiger partial charge in [-0.3, -0.25) is 4.79 Å². The lowest BCUT2D eigenvalue weighted by Gasteiger charge is -2.07. The molecule has 28 heavy (non-hydrogen) atoms. The van der Waals surface area contributed by atoms with E-state index in [4.69, 9.17) is 4.74 Å². The third-order valence-electron chi connectivity index (χ3n) is 4.03. The van der Waals surface area contributed by atoms with Gasteiger partial charge in [-0.15, -0.1) is 0 Å². The summed E-state index contributed by atoms with van der Waals surface area (Å²) < 4.78 is 5.50. The standard InChI is InChI=1S/C23H20N2O3/c1-16-7-5-10-18(13-16)22(26)25-24-15-20-9-3-4-12-21(20)28-23(27)19-11-6-8-17(2)14-19/h3-15H,1-2H3,(H,25,26). The van der Waals surface area contributed by atoms with Gasteiger partial charge < -0.3 is 4.74 Å². The van der Waals surface area contributed by atoms with Crippen LogP contribution in [0.5, 0.6) is 5.75 Å². The molecule has 3 rings (SSSR count). The Balaban J connectivity index is 1.70. The maximum atomic E-state index is 12.4. The summed E-state index contributed by atoms with van der Waals surface area (Å²) in [5, 5.41) is 3.99. The van der Waals surface area contributed by atoms with Crippen LogP contribution in [0, 0.1) is 13.8 Å². The lowest BCUT2D eigenvalue weighted by Crippen LogP contribution is -2.17. The van der Waals surface area contributed by atoms with Gasteiger partial charge in [0.05, 0.1) is 11.8 Å². The van der Waals surface area contributed by atoms with Gasteiger partial charge in [-0.25, -0.2) is 10.2 Å². The Bertz CT molecular complexity index is 1040. The zero-order chi connectivity index (χ0) is 19.9. The molecule has 0 saturated heterocycles. The lowest BCUT2D eigenvalue weighted by molar-refractivity contribution is 0.0734. The van der Waals surface area contributed by atoms with E-state index in [1.165, 1.54) is 6.21 Å². The molecule has 0 atom stereocenters. The number of amides is 1. The summed E-state index contributed by atoms with van der Waals surface area (Å²) in [5.74, 6) is -0.398. The van der Waals surface area contributed by atoms with E-state index in [0.29, 0.717) is 22.4 Å². The maximum absolute atomic E-state index is 12.4. The van der Waals surface area contributed by atoms with Gasteiger partial charge in [0, 0.05) is 11.1 Å². The molecule has 0 heterocycles. The average Bonchev–Trinajstić information content (AvgIpc) is 2.69. The Morgan fingerprint density at radius 2 is 1.50 bits per heavy atom. The molecular formula is C23H20N2O3. The first-order chi connectivity index (χ1) is 13.5. The summed E-state index contributed by atoms with van der Waals surface area (Å²) >= 11 is 0. The van der Waals surface area contributed by atoms with Gasteiger partial charge >= 0.3 is 5.97 Å². The van der Waals surface area contributed by atoms with Crippen LogP contribution in [0.1, 0.15) is 37.4 Å². The van der Waals surface area contributed by atoms with E-state index in [9.17, 15) is 9.59 Å². The second kappa shape index (κ2) is 8.77. The Morgan fingerprint density at radius 1 is 0.857 bits per heavy atom. The van der Waals surface area contributed by atoms with Gasteiger partial charge in [0.25, 0.3) is 5.91 Å². The number of nitrogens with one attached hydrogen (secondary N) is 1. The van der Waals surface area contributed by atoms with Crippen LogP contribution in [0.25, 0.3) is 0 Å². The number of rotatable bonds is 5. The molecule has 0 saturated carbocycles. The van der Waals surface area contributed by atoms with Crippen molar-refractivity contribution < 1.29 is 14.3 Å². The highest BCUT2D eigenvalue weighted by atomic mass is 16.5. The molecule has 1 amide bonds. The number of ether oxygens (including phenoxy) is 1. The quantitative estimate of drug-likeness (QED) is 0.314. The van der Waals surface area contributed by atoms with Crippen LogP contribution < -0.4 is 10.2 Å². The van der Waals surface area contributed by atoms with Gasteiger partial charge in [0.1, 0.15) is 5.75 Å². The molecular weight excluding hydrogens is 352 g/mol. The van der Waals surface area contributed by atoms with Crippen LogP contribution in [-0.2, 0) is 0 Å². The molecule has 0 fully saturated rings. The number of hydrogen-bond acceptors (Lipinski definition) is 4. The van der Waals surface area contributed by atoms with E-state index in [0.717, 1.165) is 11.1 Å². The lowest BCUT2D eigenvalue weighted by atomic mass is 10.1. The van der Waals surface area contributed by atoms with Crippen molar-refractivity contribution in [2.45, 2.75) is 13.8 Å². The van der Waals surface area contributed by atoms with Gasteiger partial charge in [0.15, 0.2) is 0 Å². The molecule has 140 valence electrons. The predicted molar refractivity (Wildman–Crippen MR) is 109 cm³/mol. The van der Waals surface area contributed by atoms with Crippen molar-refractivity contribution in [2.24, 2.45) is 5.10 Å². The first kappa shape index (κ1) is 19.0. The van der Waals surface area contributed by atoms with Crippen molar-refractivity contribution >= 4 is 18.1 Å². The number of nitrogens with zero attached hydrogens (tertiary/aromatic N) is 1. The Hall–Kier alpha value is -3.73. The molecule has 0 aliphatic rings. The summed E-state index contributed by atoms with van der Waals surface area (Å²) in [4.78, 5) is 24.5. The van der Waals surface area contributed by atoms with Gasteiger partial charge in [-0.2, -0.15) is 5.10 Å². The number of para-hydroxylation sites is 1. The number of hydrogen-bond donors (Lipinski definition) is 1. The van der Waals surface area contributed by atoms with Crippen molar-refractivity contribution in [1.82, 2.24) is 5.43 Å². The van der Waals surface area contributed by atoms with E-state index < -0.39 is 5.97 Å². The maximum Gasteiger partial charge on any atom is 0.343 e. The molecule has 0 spiro atoms. The van der Waals surface area contributed by atoms with E-state index in [2.05, 4.69) is 10.5 Å². The highest BCUT2D eigenvalue weighted by molar-refractivity contribution is 5.96. The molecule has 5 nitrogen and oxygen atoms in total. The second-order valence-electron chi connectivity index (χ2n) is 6.37. The summed E-state index contributed by atoms with van der Waals surface area (Å²) in [5.41, 5.74) is 6.02. The molecule has 3 aromatic rings. The van der Waals surface area contributed by atoms with E-state index in [1.54, 1.807) is 54.6 Å². The fourth-order valence-electron chi connectivity index (χ4n) is 2.62. The van der Waals surface area contributed by atoms with Gasteiger partial charge in [-0.1, -0.05) is 47.5 Å². The summed E-state index contributed by atoms with van der Waals surface area (Å²) in [6.07, 6.45) is 1.45. The zero-order valence-corrected chi connectivity index (χ0v) is 15.7. The molecule has 0 radical (unpaired) electrons. The minimum atomic E-state index is -0.451. The van der Waals surface area contributed by atoms with Crippen molar-refractivity contribution in [2.75, 3.05) is 0 Å². The smallest absolute Gasteiger partial charge is 0.343 e. The van der Waals surface area contributed by atoms with Crippen molar-refractivity contribution in [3.05, 3.63) is 101 Å². The van der Waals surface area contributed by atoms with Crippen LogP contribution in [0.4, 0.5) is 0 Å². The Labute approximate surface area is 163 Å². The third-order valence-corrected chi connectivity index (χ3v) is 4.03. The molecule has 0 aromatic heterocycles. The fraction of sp³-hybridized carbons (Fsp3) is 0.0870. The molecule has 0 aliphatic carbocycles. The van der Waals surface area contributed by atoms with Crippen molar-refractivity contribution in [3.8, 4) is 5.75 Å². The van der Waals surface area contributed by atoms with Crippen LogP contribution in [0.15, 0.2) is 77.9 Å². The summed E-state index contributed by atoms with van der Waals surface area (Å²) in [6, 6.07) is 21.4. The predicted octanol–water partition coefficient (Wildman–Crippen LogP) is 4.29. The molecule has 5 heteroatoms. The van der Waals surface area contributed by atoms with Crippen LogP contribution in [0.3, 0.4) is 0 Å². The summed E-state index contributed by atoms with van der Waals surface area (Å²) in [7, 11) is 0. The number of carbonyl (C=O) groups is 2. The number of hydrazone groups is 1. The monoisotopic (exact) mass is 372 g/mol. The van der Waals surface area contributed by atoms with Crippen molar-refractivity contribution in [1.29, 1.82) is 0 Å². The largest absolute Gasteiger partial charge is 0.422 e. The number of esters is 1. The minimum absolute atomic E-state index is 0.311. The zero-order valence-electron chi connectivity index (χ0n) is 15.7. The van der Waals surface area contributed by atoms with Crippen molar-refractivity contribution in [3.63, 3.8) is 0 Å². The highest BCUT2D eigenvalue weighted by Crippen LogP contribution is 2.18. The first-order valence-corrected chi connectivity index (χ1v) is 8.81. The van der Waals surface area contributed by atoms with Gasteiger partial charge in [-0.05, 0) is 50.2 Å². The Kier molecular flexibility index (Phi) is 5.97.